The number of aliphatic hydroxyl groups excluding tert-OH is 2. The van der Waals surface area contributed by atoms with Gasteiger partial charge in [0.1, 0.15) is 6.10 Å². The molecule has 1 aromatic carbocycles. The highest BCUT2D eigenvalue weighted by Crippen LogP contribution is 2.21. The number of rotatable bonds is 4. The molecule has 1 aromatic rings. The van der Waals surface area contributed by atoms with Gasteiger partial charge in [-0.25, -0.2) is 9.59 Å². The Bertz CT molecular complexity index is 458. The number of anilines is 1. The molecule has 7 heteroatoms. The summed E-state index contributed by atoms with van der Waals surface area (Å²) < 4.78 is 0. The highest BCUT2D eigenvalue weighted by molar-refractivity contribution is 5.89. The summed E-state index contributed by atoms with van der Waals surface area (Å²) in [5, 5.41) is 35.9. The average molecular weight is 241 g/mol. The molecule has 17 heavy (non-hydrogen) atoms. The molecule has 2 atom stereocenters. The van der Waals surface area contributed by atoms with Crippen LogP contribution in [0.2, 0.25) is 0 Å². The van der Waals surface area contributed by atoms with Crippen molar-refractivity contribution < 1.29 is 30.0 Å². The first-order chi connectivity index (χ1) is 7.82. The monoisotopic (exact) mass is 241 g/mol. The van der Waals surface area contributed by atoms with Crippen LogP contribution in [0.1, 0.15) is 22.0 Å². The predicted octanol–water partition coefficient (Wildman–Crippen LogP) is -0.554. The Morgan fingerprint density at radius 3 is 2.18 bits per heavy atom. The lowest BCUT2D eigenvalue weighted by Crippen LogP contribution is -2.27. The highest BCUT2D eigenvalue weighted by Gasteiger charge is 2.26. The maximum absolute atomic E-state index is 10.7. The molecular weight excluding hydrogens is 230 g/mol. The van der Waals surface area contributed by atoms with Crippen LogP contribution in [-0.2, 0) is 4.79 Å². The fraction of sp³-hybridized carbons (Fsp3) is 0.200. The first kappa shape index (κ1) is 12.9. The van der Waals surface area contributed by atoms with E-state index in [1.165, 1.54) is 6.07 Å². The van der Waals surface area contributed by atoms with Gasteiger partial charge >= 0.3 is 11.9 Å². The number of nitrogen functional groups attached to an aromatic ring is 1. The number of benzene rings is 1. The van der Waals surface area contributed by atoms with E-state index in [0.717, 1.165) is 12.1 Å². The second-order valence-corrected chi connectivity index (χ2v) is 3.42. The number of hydrogen-bond acceptors (Lipinski definition) is 5. The Balaban J connectivity index is 3.13. The van der Waals surface area contributed by atoms with Gasteiger partial charge in [-0.2, -0.15) is 0 Å². The summed E-state index contributed by atoms with van der Waals surface area (Å²) in [5.41, 5.74) is 5.19. The summed E-state index contributed by atoms with van der Waals surface area (Å²) in [4.78, 5) is 21.2. The van der Waals surface area contributed by atoms with E-state index in [9.17, 15) is 14.7 Å². The summed E-state index contributed by atoms with van der Waals surface area (Å²) in [7, 11) is 0. The summed E-state index contributed by atoms with van der Waals surface area (Å²) in [6.45, 7) is 0. The van der Waals surface area contributed by atoms with Crippen LogP contribution in [0.25, 0.3) is 0 Å². The van der Waals surface area contributed by atoms with Crippen LogP contribution in [0, 0.1) is 0 Å². The molecule has 0 aliphatic carbocycles. The molecule has 0 saturated carbocycles. The summed E-state index contributed by atoms with van der Waals surface area (Å²) >= 11 is 0. The molecule has 0 aliphatic rings. The molecule has 0 saturated heterocycles. The lowest BCUT2D eigenvalue weighted by atomic mass is 10.0. The number of aliphatic hydroxyl groups is 2. The van der Waals surface area contributed by atoms with E-state index in [1.54, 1.807) is 0 Å². The van der Waals surface area contributed by atoms with Crippen molar-refractivity contribution in [2.24, 2.45) is 0 Å². The van der Waals surface area contributed by atoms with Crippen molar-refractivity contribution in [3.8, 4) is 0 Å². The second-order valence-electron chi connectivity index (χ2n) is 3.42. The molecule has 0 heterocycles. The quantitative estimate of drug-likeness (QED) is 0.445. The Morgan fingerprint density at radius 2 is 1.71 bits per heavy atom. The van der Waals surface area contributed by atoms with Gasteiger partial charge < -0.3 is 26.2 Å². The van der Waals surface area contributed by atoms with Gasteiger partial charge in [-0.05, 0) is 23.8 Å². The Morgan fingerprint density at radius 1 is 1.12 bits per heavy atom. The van der Waals surface area contributed by atoms with E-state index in [0.29, 0.717) is 0 Å². The van der Waals surface area contributed by atoms with Crippen LogP contribution in [0.5, 0.6) is 0 Å². The smallest absolute Gasteiger partial charge is 0.335 e. The van der Waals surface area contributed by atoms with E-state index in [2.05, 4.69) is 0 Å². The molecular formula is C10H11NO6. The second kappa shape index (κ2) is 4.81. The molecule has 0 fully saturated rings. The third-order valence-corrected chi connectivity index (χ3v) is 2.12. The molecule has 0 aromatic heterocycles. The topological polar surface area (TPSA) is 141 Å². The summed E-state index contributed by atoms with van der Waals surface area (Å²) in [5.74, 6) is -2.88. The fourth-order valence-corrected chi connectivity index (χ4v) is 1.29. The summed E-state index contributed by atoms with van der Waals surface area (Å²) in [6, 6.07) is 3.41. The minimum Gasteiger partial charge on any atom is -0.479 e. The van der Waals surface area contributed by atoms with E-state index < -0.39 is 24.1 Å². The van der Waals surface area contributed by atoms with Crippen LogP contribution in [0.3, 0.4) is 0 Å². The predicted molar refractivity (Wildman–Crippen MR) is 56.4 cm³/mol. The molecule has 0 bridgehead atoms. The SMILES string of the molecule is Nc1cc(C(=O)O)cc(C(O)C(O)C(=O)O)c1. The van der Waals surface area contributed by atoms with Gasteiger partial charge in [0.15, 0.2) is 6.10 Å². The Kier molecular flexibility index (Phi) is 3.66. The zero-order valence-corrected chi connectivity index (χ0v) is 8.57. The van der Waals surface area contributed by atoms with Crippen molar-refractivity contribution in [2.45, 2.75) is 12.2 Å². The van der Waals surface area contributed by atoms with E-state index in [1.807, 2.05) is 0 Å². The number of aliphatic carboxylic acids is 1. The number of nitrogens with two attached hydrogens (primary N) is 1. The van der Waals surface area contributed by atoms with E-state index in [-0.39, 0.29) is 16.8 Å². The third kappa shape index (κ3) is 2.92. The van der Waals surface area contributed by atoms with Crippen molar-refractivity contribution in [3.05, 3.63) is 29.3 Å². The van der Waals surface area contributed by atoms with Crippen LogP contribution >= 0.6 is 0 Å². The molecule has 1 rings (SSSR count). The lowest BCUT2D eigenvalue weighted by Gasteiger charge is -2.15. The first-order valence-corrected chi connectivity index (χ1v) is 4.55. The van der Waals surface area contributed by atoms with Crippen LogP contribution < -0.4 is 5.73 Å². The van der Waals surface area contributed by atoms with E-state index in [4.69, 9.17) is 21.1 Å². The van der Waals surface area contributed by atoms with Crippen molar-refractivity contribution >= 4 is 17.6 Å². The van der Waals surface area contributed by atoms with Gasteiger partial charge in [-0.1, -0.05) is 0 Å². The van der Waals surface area contributed by atoms with Crippen molar-refractivity contribution in [1.29, 1.82) is 0 Å². The molecule has 6 N–H and O–H groups in total. The standard InChI is InChI=1S/C10H11NO6/c11-6-2-4(1-5(3-6)9(14)15)7(12)8(13)10(16)17/h1-3,7-8,12-13H,11H2,(H,14,15)(H,16,17). The van der Waals surface area contributed by atoms with Gasteiger partial charge in [0.25, 0.3) is 0 Å². The zero-order valence-electron chi connectivity index (χ0n) is 8.57. The van der Waals surface area contributed by atoms with Crippen LogP contribution in [0.4, 0.5) is 5.69 Å². The van der Waals surface area contributed by atoms with Gasteiger partial charge in [0.05, 0.1) is 5.56 Å². The molecule has 0 amide bonds. The van der Waals surface area contributed by atoms with Gasteiger partial charge in [0.2, 0.25) is 0 Å². The first-order valence-electron chi connectivity index (χ1n) is 4.55. The van der Waals surface area contributed by atoms with Gasteiger partial charge in [-0.3, -0.25) is 0 Å². The minimum absolute atomic E-state index is 0.0524. The number of carboxylic acids is 2. The lowest BCUT2D eigenvalue weighted by molar-refractivity contribution is -0.153. The van der Waals surface area contributed by atoms with Crippen molar-refractivity contribution in [1.82, 2.24) is 0 Å². The largest absolute Gasteiger partial charge is 0.479 e. The number of carbonyl (C=O) groups is 2. The number of carboxylic acid groups (broad SMARTS) is 2. The highest BCUT2D eigenvalue weighted by atomic mass is 16.4. The molecule has 0 radical (unpaired) electrons. The van der Waals surface area contributed by atoms with Crippen molar-refractivity contribution in [3.63, 3.8) is 0 Å². The number of hydrogen-bond donors (Lipinski definition) is 5. The van der Waals surface area contributed by atoms with Gasteiger partial charge in [-0.15, -0.1) is 0 Å². The van der Waals surface area contributed by atoms with Crippen LogP contribution in [-0.4, -0.2) is 38.5 Å². The fourth-order valence-electron chi connectivity index (χ4n) is 1.29. The normalized spacial score (nSPS) is 14.0. The molecule has 7 nitrogen and oxygen atoms in total. The Labute approximate surface area is 95.7 Å². The summed E-state index contributed by atoms with van der Waals surface area (Å²) in [6.07, 6.45) is -3.78. The zero-order chi connectivity index (χ0) is 13.2. The molecule has 0 spiro atoms. The molecule has 0 aliphatic heterocycles. The third-order valence-electron chi connectivity index (χ3n) is 2.12. The Hall–Kier alpha value is -2.12. The van der Waals surface area contributed by atoms with Crippen LogP contribution in [0.15, 0.2) is 18.2 Å². The van der Waals surface area contributed by atoms with E-state index >= 15 is 0 Å². The maximum atomic E-state index is 10.7. The van der Waals surface area contributed by atoms with Gasteiger partial charge in [0, 0.05) is 5.69 Å². The minimum atomic E-state index is -2.04. The molecule has 2 unspecified atom stereocenters. The maximum Gasteiger partial charge on any atom is 0.335 e. The average Bonchev–Trinajstić information content (AvgIpc) is 2.25. The number of aromatic carboxylic acids is 1. The molecule has 92 valence electrons. The van der Waals surface area contributed by atoms with Crippen molar-refractivity contribution in [2.75, 3.05) is 5.73 Å².